The summed E-state index contributed by atoms with van der Waals surface area (Å²) in [6.45, 7) is 2.12. The topological polar surface area (TPSA) is 72.6 Å². The molecule has 0 bridgehead atoms. The molecule has 3 aromatic rings. The Hall–Kier alpha value is -3.41. The van der Waals surface area contributed by atoms with Gasteiger partial charge in [-0.2, -0.15) is 0 Å². The number of hydrogen-bond acceptors (Lipinski definition) is 5. The molecular weight excluding hydrogens is 344 g/mol. The molecule has 0 atom stereocenters. The fourth-order valence-corrected chi connectivity index (χ4v) is 2.82. The molecule has 6 nitrogen and oxygen atoms in total. The van der Waals surface area contributed by atoms with E-state index in [4.69, 9.17) is 9.26 Å². The number of carbonyl (C=O) groups excluding carboxylic acids is 2. The van der Waals surface area contributed by atoms with Gasteiger partial charge in [-0.3, -0.25) is 4.79 Å². The van der Waals surface area contributed by atoms with Gasteiger partial charge in [-0.05, 0) is 24.6 Å². The third-order valence-electron chi connectivity index (χ3n) is 4.27. The predicted molar refractivity (Wildman–Crippen MR) is 100 cm³/mol. The van der Waals surface area contributed by atoms with Crippen LogP contribution in [0.1, 0.15) is 32.0 Å². The molecule has 0 radical (unpaired) electrons. The normalized spacial score (nSPS) is 10.5. The van der Waals surface area contributed by atoms with E-state index < -0.39 is 5.97 Å². The molecule has 1 heterocycles. The molecule has 2 aromatic carbocycles. The van der Waals surface area contributed by atoms with E-state index in [1.165, 1.54) is 7.11 Å². The lowest BCUT2D eigenvalue weighted by atomic mass is 10.0. The molecule has 1 aromatic heterocycles. The molecule has 138 valence electrons. The van der Waals surface area contributed by atoms with Crippen LogP contribution < -0.4 is 0 Å². The fourth-order valence-electron chi connectivity index (χ4n) is 2.82. The summed E-state index contributed by atoms with van der Waals surface area (Å²) in [5, 5.41) is 4.06. The SMILES string of the molecule is COC(=O)c1ccc(CN(C)C(=O)c2c(-c3ccccc3)noc2C)cc1. The van der Waals surface area contributed by atoms with Crippen molar-refractivity contribution in [3.05, 3.63) is 77.0 Å². The van der Waals surface area contributed by atoms with Crippen LogP contribution in [0, 0.1) is 6.92 Å². The van der Waals surface area contributed by atoms with Gasteiger partial charge in [-0.15, -0.1) is 0 Å². The lowest BCUT2D eigenvalue weighted by molar-refractivity contribution is 0.0600. The quantitative estimate of drug-likeness (QED) is 0.645. The van der Waals surface area contributed by atoms with Crippen molar-refractivity contribution >= 4 is 11.9 Å². The van der Waals surface area contributed by atoms with Crippen LogP contribution >= 0.6 is 0 Å². The van der Waals surface area contributed by atoms with Crippen molar-refractivity contribution in [3.63, 3.8) is 0 Å². The monoisotopic (exact) mass is 364 g/mol. The molecular formula is C21H20N2O4. The highest BCUT2D eigenvalue weighted by Crippen LogP contribution is 2.26. The second-order valence-electron chi connectivity index (χ2n) is 6.18. The van der Waals surface area contributed by atoms with Gasteiger partial charge in [0.1, 0.15) is 17.0 Å². The Balaban J connectivity index is 1.80. The van der Waals surface area contributed by atoms with Crippen LogP contribution in [0.15, 0.2) is 59.1 Å². The molecule has 0 unspecified atom stereocenters. The Morgan fingerprint density at radius 1 is 1.07 bits per heavy atom. The maximum absolute atomic E-state index is 13.0. The number of esters is 1. The highest BCUT2D eigenvalue weighted by atomic mass is 16.5. The van der Waals surface area contributed by atoms with E-state index in [1.807, 2.05) is 30.3 Å². The van der Waals surface area contributed by atoms with Crippen molar-refractivity contribution in [2.45, 2.75) is 13.5 Å². The molecule has 0 saturated carbocycles. The van der Waals surface area contributed by atoms with Crippen molar-refractivity contribution in [1.29, 1.82) is 0 Å². The third kappa shape index (κ3) is 3.89. The zero-order valence-corrected chi connectivity index (χ0v) is 15.4. The number of hydrogen-bond donors (Lipinski definition) is 0. The zero-order chi connectivity index (χ0) is 19.4. The Bertz CT molecular complexity index is 946. The van der Waals surface area contributed by atoms with E-state index in [-0.39, 0.29) is 5.91 Å². The van der Waals surface area contributed by atoms with Gasteiger partial charge in [-0.1, -0.05) is 47.6 Å². The van der Waals surface area contributed by atoms with Gasteiger partial charge in [0, 0.05) is 19.2 Å². The summed E-state index contributed by atoms with van der Waals surface area (Å²) in [5.41, 5.74) is 3.18. The minimum Gasteiger partial charge on any atom is -0.465 e. The summed E-state index contributed by atoms with van der Waals surface area (Å²) in [4.78, 5) is 26.1. The van der Waals surface area contributed by atoms with Crippen molar-refractivity contribution in [1.82, 2.24) is 10.1 Å². The Kier molecular flexibility index (Phi) is 5.35. The lowest BCUT2D eigenvalue weighted by Gasteiger charge is -2.17. The summed E-state index contributed by atoms with van der Waals surface area (Å²) >= 11 is 0. The zero-order valence-electron chi connectivity index (χ0n) is 15.4. The first kappa shape index (κ1) is 18.4. The van der Waals surface area contributed by atoms with E-state index in [9.17, 15) is 9.59 Å². The number of nitrogens with zero attached hydrogens (tertiary/aromatic N) is 2. The molecule has 0 aliphatic rings. The number of aryl methyl sites for hydroxylation is 1. The summed E-state index contributed by atoms with van der Waals surface area (Å²) in [6.07, 6.45) is 0. The van der Waals surface area contributed by atoms with Crippen molar-refractivity contribution < 1.29 is 18.8 Å². The second-order valence-corrected chi connectivity index (χ2v) is 6.18. The van der Waals surface area contributed by atoms with E-state index in [1.54, 1.807) is 43.1 Å². The largest absolute Gasteiger partial charge is 0.465 e. The van der Waals surface area contributed by atoms with Gasteiger partial charge in [0.2, 0.25) is 0 Å². The number of rotatable bonds is 5. The van der Waals surface area contributed by atoms with Crippen LogP contribution in [0.3, 0.4) is 0 Å². The molecule has 0 aliphatic carbocycles. The van der Waals surface area contributed by atoms with Gasteiger partial charge >= 0.3 is 5.97 Å². The fraction of sp³-hybridized carbons (Fsp3) is 0.190. The van der Waals surface area contributed by atoms with E-state index in [0.717, 1.165) is 11.1 Å². The number of carbonyl (C=O) groups is 2. The summed E-state index contributed by atoms with van der Waals surface area (Å²) in [6, 6.07) is 16.4. The first-order valence-electron chi connectivity index (χ1n) is 8.45. The molecule has 0 fully saturated rings. The number of amides is 1. The highest BCUT2D eigenvalue weighted by molar-refractivity contribution is 6.00. The first-order chi connectivity index (χ1) is 13.0. The maximum Gasteiger partial charge on any atom is 0.337 e. The summed E-state index contributed by atoms with van der Waals surface area (Å²) in [5.74, 6) is -0.0880. The van der Waals surface area contributed by atoms with Gasteiger partial charge in [-0.25, -0.2) is 4.79 Å². The minimum atomic E-state index is -0.390. The molecule has 0 N–H and O–H groups in total. The smallest absolute Gasteiger partial charge is 0.337 e. The Morgan fingerprint density at radius 3 is 2.37 bits per heavy atom. The molecule has 6 heteroatoms. The van der Waals surface area contributed by atoms with Crippen molar-refractivity contribution in [2.75, 3.05) is 14.2 Å². The molecule has 0 spiro atoms. The van der Waals surface area contributed by atoms with E-state index in [0.29, 0.717) is 29.1 Å². The molecule has 27 heavy (non-hydrogen) atoms. The molecule has 0 saturated heterocycles. The molecule has 3 rings (SSSR count). The third-order valence-corrected chi connectivity index (χ3v) is 4.27. The average Bonchev–Trinajstić information content (AvgIpc) is 3.09. The second kappa shape index (κ2) is 7.86. The van der Waals surface area contributed by atoms with Crippen LogP contribution in [-0.2, 0) is 11.3 Å². The number of aromatic nitrogens is 1. The van der Waals surface area contributed by atoms with E-state index in [2.05, 4.69) is 5.16 Å². The lowest BCUT2D eigenvalue weighted by Crippen LogP contribution is -2.27. The van der Waals surface area contributed by atoms with Crippen LogP contribution in [0.2, 0.25) is 0 Å². The van der Waals surface area contributed by atoms with Crippen LogP contribution in [-0.4, -0.2) is 36.1 Å². The number of benzene rings is 2. The van der Waals surface area contributed by atoms with Crippen LogP contribution in [0.4, 0.5) is 0 Å². The van der Waals surface area contributed by atoms with Gasteiger partial charge in [0.05, 0.1) is 12.7 Å². The Labute approximate surface area is 157 Å². The van der Waals surface area contributed by atoms with Gasteiger partial charge in [0.15, 0.2) is 0 Å². The summed E-state index contributed by atoms with van der Waals surface area (Å²) < 4.78 is 9.97. The Morgan fingerprint density at radius 2 is 1.74 bits per heavy atom. The predicted octanol–water partition coefficient (Wildman–Crippen LogP) is 3.71. The minimum absolute atomic E-state index is 0.176. The van der Waals surface area contributed by atoms with Gasteiger partial charge < -0.3 is 14.2 Å². The first-order valence-corrected chi connectivity index (χ1v) is 8.45. The average molecular weight is 364 g/mol. The van der Waals surface area contributed by atoms with Crippen LogP contribution in [0.5, 0.6) is 0 Å². The van der Waals surface area contributed by atoms with Crippen molar-refractivity contribution in [2.24, 2.45) is 0 Å². The van der Waals surface area contributed by atoms with Crippen molar-refractivity contribution in [3.8, 4) is 11.3 Å². The maximum atomic E-state index is 13.0. The molecule has 0 aliphatic heterocycles. The summed E-state index contributed by atoms with van der Waals surface area (Å²) in [7, 11) is 3.06. The number of ether oxygens (including phenoxy) is 1. The highest BCUT2D eigenvalue weighted by Gasteiger charge is 2.24. The van der Waals surface area contributed by atoms with Crippen LogP contribution in [0.25, 0.3) is 11.3 Å². The number of methoxy groups -OCH3 is 1. The van der Waals surface area contributed by atoms with E-state index >= 15 is 0 Å². The molecule has 1 amide bonds. The van der Waals surface area contributed by atoms with Gasteiger partial charge in [0.25, 0.3) is 5.91 Å². The standard InChI is InChI=1S/C21H20N2O4/c1-14-18(19(22-27-14)16-7-5-4-6-8-16)20(24)23(2)13-15-9-11-17(12-10-15)21(25)26-3/h4-12H,13H2,1-3H3.